The molecular weight excluding hydrogens is 188 g/mol. The van der Waals surface area contributed by atoms with E-state index in [1.165, 1.54) is 11.1 Å². The van der Waals surface area contributed by atoms with Crippen molar-refractivity contribution in [3.8, 4) is 0 Å². The summed E-state index contributed by atoms with van der Waals surface area (Å²) in [6.07, 6.45) is 0. The molecule has 0 amide bonds. The van der Waals surface area contributed by atoms with Gasteiger partial charge in [-0.1, -0.05) is 29.8 Å². The van der Waals surface area contributed by atoms with E-state index in [0.717, 1.165) is 5.69 Å². The summed E-state index contributed by atoms with van der Waals surface area (Å²) in [5, 5.41) is 2.77. The van der Waals surface area contributed by atoms with E-state index in [1.54, 1.807) is 6.07 Å². The Balaban J connectivity index is 2.25. The molecule has 0 spiro atoms. The molecule has 15 heavy (non-hydrogen) atoms. The van der Waals surface area contributed by atoms with Gasteiger partial charge in [-0.15, -0.1) is 0 Å². The highest BCUT2D eigenvalue weighted by atomic mass is 16.1. The summed E-state index contributed by atoms with van der Waals surface area (Å²) < 4.78 is 1.85. The third-order valence-corrected chi connectivity index (χ3v) is 2.47. The first kappa shape index (κ1) is 9.77. The van der Waals surface area contributed by atoms with Crippen molar-refractivity contribution in [2.75, 3.05) is 0 Å². The van der Waals surface area contributed by atoms with E-state index < -0.39 is 0 Å². The smallest absolute Gasteiger partial charge is 0.264 e. The Morgan fingerprint density at radius 2 is 1.87 bits per heavy atom. The van der Waals surface area contributed by atoms with Gasteiger partial charge in [0.25, 0.3) is 5.56 Å². The van der Waals surface area contributed by atoms with Crippen molar-refractivity contribution in [3.63, 3.8) is 0 Å². The predicted molar refractivity (Wildman–Crippen MR) is 60.1 cm³/mol. The average molecular weight is 202 g/mol. The largest absolute Gasteiger partial charge is 0.285 e. The summed E-state index contributed by atoms with van der Waals surface area (Å²) in [4.78, 5) is 11.1. The van der Waals surface area contributed by atoms with E-state index in [9.17, 15) is 4.79 Å². The first-order chi connectivity index (χ1) is 7.15. The number of aromatic nitrogens is 2. The third kappa shape index (κ3) is 2.18. The second-order valence-electron chi connectivity index (χ2n) is 3.83. The number of rotatable bonds is 2. The minimum Gasteiger partial charge on any atom is -0.285 e. The molecular formula is C12H14N2O. The molecule has 0 radical (unpaired) electrons. The molecule has 3 heteroatoms. The third-order valence-electron chi connectivity index (χ3n) is 2.47. The summed E-state index contributed by atoms with van der Waals surface area (Å²) in [5.74, 6) is 0. The second-order valence-corrected chi connectivity index (χ2v) is 3.83. The zero-order valence-electron chi connectivity index (χ0n) is 8.95. The van der Waals surface area contributed by atoms with Crippen molar-refractivity contribution in [1.82, 2.24) is 9.78 Å². The van der Waals surface area contributed by atoms with Crippen LogP contribution in [0.4, 0.5) is 0 Å². The first-order valence-corrected chi connectivity index (χ1v) is 4.97. The Hall–Kier alpha value is -1.77. The molecule has 1 N–H and O–H groups in total. The maximum atomic E-state index is 11.1. The maximum Gasteiger partial charge on any atom is 0.264 e. The molecule has 0 bridgehead atoms. The van der Waals surface area contributed by atoms with Gasteiger partial charge in [0.1, 0.15) is 0 Å². The van der Waals surface area contributed by atoms with E-state index in [1.807, 2.05) is 11.6 Å². The van der Waals surface area contributed by atoms with Crippen molar-refractivity contribution in [2.45, 2.75) is 20.4 Å². The molecule has 78 valence electrons. The van der Waals surface area contributed by atoms with Crippen LogP contribution >= 0.6 is 0 Å². The van der Waals surface area contributed by atoms with E-state index in [-0.39, 0.29) is 5.56 Å². The molecule has 1 aromatic carbocycles. The van der Waals surface area contributed by atoms with Crippen LogP contribution in [0.3, 0.4) is 0 Å². The number of aryl methyl sites for hydroxylation is 2. The molecule has 0 unspecified atom stereocenters. The van der Waals surface area contributed by atoms with E-state index in [4.69, 9.17) is 0 Å². The van der Waals surface area contributed by atoms with Crippen LogP contribution in [0.5, 0.6) is 0 Å². The van der Waals surface area contributed by atoms with Gasteiger partial charge in [-0.3, -0.25) is 14.6 Å². The quantitative estimate of drug-likeness (QED) is 0.792. The summed E-state index contributed by atoms with van der Waals surface area (Å²) >= 11 is 0. The van der Waals surface area contributed by atoms with Crippen molar-refractivity contribution >= 4 is 0 Å². The van der Waals surface area contributed by atoms with Crippen LogP contribution in [0.1, 0.15) is 16.8 Å². The summed E-state index contributed by atoms with van der Waals surface area (Å²) in [6.45, 7) is 4.70. The van der Waals surface area contributed by atoms with Crippen LogP contribution in [0.25, 0.3) is 0 Å². The van der Waals surface area contributed by atoms with Crippen molar-refractivity contribution in [2.24, 2.45) is 0 Å². The van der Waals surface area contributed by atoms with Gasteiger partial charge < -0.3 is 0 Å². The second kappa shape index (κ2) is 3.77. The molecule has 1 heterocycles. The van der Waals surface area contributed by atoms with Crippen molar-refractivity contribution in [1.29, 1.82) is 0 Å². The highest BCUT2D eigenvalue weighted by Gasteiger charge is 1.99. The Kier molecular flexibility index (Phi) is 2.46. The lowest BCUT2D eigenvalue weighted by molar-refractivity contribution is 0.658. The zero-order chi connectivity index (χ0) is 10.8. The Labute approximate surface area is 88.4 Å². The van der Waals surface area contributed by atoms with Gasteiger partial charge in [-0.05, 0) is 19.4 Å². The number of hydrogen-bond donors (Lipinski definition) is 1. The molecule has 0 fully saturated rings. The van der Waals surface area contributed by atoms with Crippen LogP contribution in [0.15, 0.2) is 35.1 Å². The molecule has 1 aromatic heterocycles. The average Bonchev–Trinajstić information content (AvgIpc) is 2.49. The molecule has 0 aliphatic carbocycles. The fourth-order valence-corrected chi connectivity index (χ4v) is 1.56. The standard InChI is InChI=1S/C12H14N2O/c1-9-3-5-11(6-4-9)8-14-10(2)7-12(15)13-14/h3-7H,8H2,1-2H3,(H,13,15). The van der Waals surface area contributed by atoms with Gasteiger partial charge in [0.2, 0.25) is 0 Å². The number of benzene rings is 1. The SMILES string of the molecule is Cc1ccc(Cn2[nH]c(=O)cc2C)cc1. The number of aromatic amines is 1. The van der Waals surface area contributed by atoms with Gasteiger partial charge in [0.15, 0.2) is 0 Å². The minimum absolute atomic E-state index is 0.0420. The fourth-order valence-electron chi connectivity index (χ4n) is 1.56. The number of H-pyrrole nitrogens is 1. The summed E-state index contributed by atoms with van der Waals surface area (Å²) in [6, 6.07) is 9.91. The van der Waals surface area contributed by atoms with Gasteiger partial charge in [-0.2, -0.15) is 0 Å². The molecule has 0 aliphatic heterocycles. The summed E-state index contributed by atoms with van der Waals surface area (Å²) in [7, 11) is 0. The van der Waals surface area contributed by atoms with Gasteiger partial charge >= 0.3 is 0 Å². The van der Waals surface area contributed by atoms with Gasteiger partial charge in [0.05, 0.1) is 6.54 Å². The lowest BCUT2D eigenvalue weighted by atomic mass is 10.1. The minimum atomic E-state index is -0.0420. The van der Waals surface area contributed by atoms with E-state index in [2.05, 4.69) is 36.3 Å². The molecule has 2 aromatic rings. The molecule has 0 aliphatic rings. The van der Waals surface area contributed by atoms with Crippen molar-refractivity contribution in [3.05, 3.63) is 57.5 Å². The first-order valence-electron chi connectivity index (χ1n) is 4.97. The highest BCUT2D eigenvalue weighted by molar-refractivity contribution is 5.21. The number of nitrogens with zero attached hydrogens (tertiary/aromatic N) is 1. The van der Waals surface area contributed by atoms with Crippen LogP contribution in [-0.2, 0) is 6.54 Å². The van der Waals surface area contributed by atoms with Crippen LogP contribution < -0.4 is 5.56 Å². The Morgan fingerprint density at radius 3 is 2.40 bits per heavy atom. The molecule has 0 saturated heterocycles. The highest BCUT2D eigenvalue weighted by Crippen LogP contribution is 2.05. The molecule has 0 saturated carbocycles. The van der Waals surface area contributed by atoms with Crippen LogP contribution in [-0.4, -0.2) is 9.78 Å². The molecule has 2 rings (SSSR count). The fraction of sp³-hybridized carbons (Fsp3) is 0.250. The van der Waals surface area contributed by atoms with Crippen LogP contribution in [0.2, 0.25) is 0 Å². The lowest BCUT2D eigenvalue weighted by Crippen LogP contribution is -2.07. The topological polar surface area (TPSA) is 37.8 Å². The van der Waals surface area contributed by atoms with E-state index in [0.29, 0.717) is 6.54 Å². The predicted octanol–water partition coefficient (Wildman–Crippen LogP) is 1.84. The lowest BCUT2D eigenvalue weighted by Gasteiger charge is -2.05. The normalized spacial score (nSPS) is 10.5. The Bertz CT molecular complexity index is 505. The Morgan fingerprint density at radius 1 is 1.20 bits per heavy atom. The van der Waals surface area contributed by atoms with Crippen molar-refractivity contribution < 1.29 is 0 Å². The monoisotopic (exact) mass is 202 g/mol. The van der Waals surface area contributed by atoms with Crippen LogP contribution in [0, 0.1) is 13.8 Å². The molecule has 0 atom stereocenters. The molecule has 3 nitrogen and oxygen atoms in total. The number of hydrogen-bond acceptors (Lipinski definition) is 1. The van der Waals surface area contributed by atoms with Gasteiger partial charge in [-0.25, -0.2) is 0 Å². The summed E-state index contributed by atoms with van der Waals surface area (Å²) in [5.41, 5.74) is 3.35. The zero-order valence-corrected chi connectivity index (χ0v) is 8.95. The van der Waals surface area contributed by atoms with Gasteiger partial charge in [0, 0.05) is 11.8 Å². The van der Waals surface area contributed by atoms with E-state index >= 15 is 0 Å². The number of nitrogens with one attached hydrogen (secondary N) is 1. The maximum absolute atomic E-state index is 11.1.